The highest BCUT2D eigenvalue weighted by atomic mass is 32.1. The van der Waals surface area contributed by atoms with Gasteiger partial charge in [0.25, 0.3) is 0 Å². The lowest BCUT2D eigenvalue weighted by Gasteiger charge is -2.05. The summed E-state index contributed by atoms with van der Waals surface area (Å²) in [4.78, 5) is 13.5. The molecule has 4 aromatic rings. The summed E-state index contributed by atoms with van der Waals surface area (Å²) in [7, 11) is 0. The molecular weight excluding hydrogens is 328 g/mol. The first kappa shape index (κ1) is 15.7. The van der Waals surface area contributed by atoms with E-state index in [0.29, 0.717) is 5.95 Å². The number of rotatable bonds is 5. The molecule has 0 spiro atoms. The van der Waals surface area contributed by atoms with Crippen molar-refractivity contribution in [1.29, 1.82) is 0 Å². The molecule has 4 rings (SSSR count). The predicted octanol–water partition coefficient (Wildman–Crippen LogP) is 4.72. The Morgan fingerprint density at radius 1 is 0.960 bits per heavy atom. The lowest BCUT2D eigenvalue weighted by atomic mass is 10.1. The van der Waals surface area contributed by atoms with Gasteiger partial charge in [0.05, 0.1) is 10.2 Å². The van der Waals surface area contributed by atoms with Crippen LogP contribution in [0.2, 0.25) is 0 Å². The zero-order valence-corrected chi connectivity index (χ0v) is 14.8. The Balaban J connectivity index is 1.40. The first-order valence-corrected chi connectivity index (χ1v) is 9.07. The van der Waals surface area contributed by atoms with Gasteiger partial charge in [-0.2, -0.15) is 0 Å². The van der Waals surface area contributed by atoms with Crippen LogP contribution in [0.4, 0.5) is 5.95 Å². The number of anilines is 1. The SMILES string of the molecule is Cc1ccc(CCNc2ncc(-c3nc4ccccc4s3)cn2)cc1. The largest absolute Gasteiger partial charge is 0.354 e. The number of nitrogens with one attached hydrogen (secondary N) is 1. The Hall–Kier alpha value is -2.79. The summed E-state index contributed by atoms with van der Waals surface area (Å²) in [5.74, 6) is 0.650. The molecule has 0 aliphatic carbocycles. The number of nitrogens with zero attached hydrogens (tertiary/aromatic N) is 3. The minimum absolute atomic E-state index is 0.650. The smallest absolute Gasteiger partial charge is 0.222 e. The number of aromatic nitrogens is 3. The normalized spacial score (nSPS) is 10.9. The van der Waals surface area contributed by atoms with Crippen molar-refractivity contribution in [2.75, 3.05) is 11.9 Å². The van der Waals surface area contributed by atoms with E-state index in [-0.39, 0.29) is 0 Å². The molecule has 0 aliphatic rings. The van der Waals surface area contributed by atoms with E-state index in [1.807, 2.05) is 30.6 Å². The third-order valence-electron chi connectivity index (χ3n) is 4.01. The van der Waals surface area contributed by atoms with Crippen LogP contribution >= 0.6 is 11.3 Å². The Labute approximate surface area is 150 Å². The van der Waals surface area contributed by atoms with Crippen LogP contribution in [0.25, 0.3) is 20.8 Å². The maximum Gasteiger partial charge on any atom is 0.222 e. The second-order valence-electron chi connectivity index (χ2n) is 5.94. The fourth-order valence-electron chi connectivity index (χ4n) is 2.60. The van der Waals surface area contributed by atoms with Crippen LogP contribution in [0.1, 0.15) is 11.1 Å². The number of hydrogen-bond acceptors (Lipinski definition) is 5. The number of benzene rings is 2. The molecule has 0 atom stereocenters. The Bertz CT molecular complexity index is 942. The number of para-hydroxylation sites is 1. The monoisotopic (exact) mass is 346 g/mol. The van der Waals surface area contributed by atoms with E-state index in [1.54, 1.807) is 11.3 Å². The Kier molecular flexibility index (Phi) is 4.39. The summed E-state index contributed by atoms with van der Waals surface area (Å²) in [6.45, 7) is 2.91. The van der Waals surface area contributed by atoms with Gasteiger partial charge in [-0.05, 0) is 31.0 Å². The van der Waals surface area contributed by atoms with Gasteiger partial charge in [0, 0.05) is 24.5 Å². The quantitative estimate of drug-likeness (QED) is 0.568. The van der Waals surface area contributed by atoms with Gasteiger partial charge >= 0.3 is 0 Å². The van der Waals surface area contributed by atoms with Crippen molar-refractivity contribution in [3.63, 3.8) is 0 Å². The molecule has 2 heterocycles. The number of thiazole rings is 1. The molecule has 0 bridgehead atoms. The van der Waals surface area contributed by atoms with Gasteiger partial charge in [-0.25, -0.2) is 15.0 Å². The molecule has 0 radical (unpaired) electrons. The third-order valence-corrected chi connectivity index (χ3v) is 5.10. The van der Waals surface area contributed by atoms with Crippen molar-refractivity contribution in [2.45, 2.75) is 13.3 Å². The first-order valence-electron chi connectivity index (χ1n) is 8.25. The fourth-order valence-corrected chi connectivity index (χ4v) is 3.54. The Morgan fingerprint density at radius 2 is 1.72 bits per heavy atom. The minimum atomic E-state index is 0.650. The predicted molar refractivity (Wildman–Crippen MR) is 104 cm³/mol. The lowest BCUT2D eigenvalue weighted by molar-refractivity contribution is 0.983. The minimum Gasteiger partial charge on any atom is -0.354 e. The topological polar surface area (TPSA) is 50.7 Å². The molecule has 5 heteroatoms. The van der Waals surface area contributed by atoms with Gasteiger partial charge in [-0.1, -0.05) is 42.0 Å². The second kappa shape index (κ2) is 6.99. The van der Waals surface area contributed by atoms with Crippen molar-refractivity contribution in [3.8, 4) is 10.6 Å². The summed E-state index contributed by atoms with van der Waals surface area (Å²) in [5.41, 5.74) is 4.56. The highest BCUT2D eigenvalue weighted by Crippen LogP contribution is 2.29. The molecule has 0 saturated heterocycles. The van der Waals surface area contributed by atoms with Crippen molar-refractivity contribution in [1.82, 2.24) is 15.0 Å². The first-order chi connectivity index (χ1) is 12.3. The maximum absolute atomic E-state index is 4.64. The molecule has 4 nitrogen and oxygen atoms in total. The van der Waals surface area contributed by atoms with E-state index in [1.165, 1.54) is 15.8 Å². The van der Waals surface area contributed by atoms with Crippen LogP contribution in [0.5, 0.6) is 0 Å². The summed E-state index contributed by atoms with van der Waals surface area (Å²) >= 11 is 1.66. The molecule has 124 valence electrons. The molecule has 0 aliphatic heterocycles. The van der Waals surface area contributed by atoms with Crippen molar-refractivity contribution >= 4 is 27.5 Å². The number of fused-ring (bicyclic) bond motifs is 1. The standard InChI is InChI=1S/C20H18N4S/c1-14-6-8-15(9-7-14)10-11-21-20-22-12-16(13-23-20)19-24-17-4-2-3-5-18(17)25-19/h2-9,12-13H,10-11H2,1H3,(H,21,22,23). The van der Waals surface area contributed by atoms with Gasteiger partial charge in [-0.3, -0.25) is 0 Å². The molecule has 0 fully saturated rings. The molecule has 1 N–H and O–H groups in total. The van der Waals surface area contributed by atoms with E-state index in [2.05, 4.69) is 57.5 Å². The van der Waals surface area contributed by atoms with Gasteiger partial charge in [0.15, 0.2) is 0 Å². The van der Waals surface area contributed by atoms with Gasteiger partial charge in [0.1, 0.15) is 5.01 Å². The van der Waals surface area contributed by atoms with Crippen LogP contribution in [-0.4, -0.2) is 21.5 Å². The molecule has 2 aromatic carbocycles. The van der Waals surface area contributed by atoms with Crippen LogP contribution in [0, 0.1) is 6.92 Å². The van der Waals surface area contributed by atoms with Gasteiger partial charge in [0.2, 0.25) is 5.95 Å². The highest BCUT2D eigenvalue weighted by Gasteiger charge is 2.07. The molecular formula is C20H18N4S. The molecule has 2 aromatic heterocycles. The lowest BCUT2D eigenvalue weighted by Crippen LogP contribution is -2.07. The van der Waals surface area contributed by atoms with E-state index in [0.717, 1.165) is 29.1 Å². The van der Waals surface area contributed by atoms with Crippen molar-refractivity contribution in [3.05, 3.63) is 72.1 Å². The Morgan fingerprint density at radius 3 is 2.48 bits per heavy atom. The van der Waals surface area contributed by atoms with Crippen molar-refractivity contribution in [2.24, 2.45) is 0 Å². The molecule has 0 unspecified atom stereocenters. The summed E-state index contributed by atoms with van der Waals surface area (Å²) in [5, 5.41) is 4.23. The van der Waals surface area contributed by atoms with Gasteiger partial charge < -0.3 is 5.32 Å². The van der Waals surface area contributed by atoms with E-state index in [4.69, 9.17) is 0 Å². The van der Waals surface area contributed by atoms with Crippen molar-refractivity contribution < 1.29 is 0 Å². The average Bonchev–Trinajstić information content (AvgIpc) is 3.08. The van der Waals surface area contributed by atoms with E-state index >= 15 is 0 Å². The highest BCUT2D eigenvalue weighted by molar-refractivity contribution is 7.21. The van der Waals surface area contributed by atoms with Crippen LogP contribution in [0.15, 0.2) is 60.9 Å². The van der Waals surface area contributed by atoms with Gasteiger partial charge in [-0.15, -0.1) is 11.3 Å². The third kappa shape index (κ3) is 3.67. The fraction of sp³-hybridized carbons (Fsp3) is 0.150. The summed E-state index contributed by atoms with van der Waals surface area (Å²) in [6.07, 6.45) is 4.61. The summed E-state index contributed by atoms with van der Waals surface area (Å²) < 4.78 is 1.18. The van der Waals surface area contributed by atoms with Crippen LogP contribution in [0.3, 0.4) is 0 Å². The zero-order chi connectivity index (χ0) is 17.1. The van der Waals surface area contributed by atoms with Crippen LogP contribution < -0.4 is 5.32 Å². The second-order valence-corrected chi connectivity index (χ2v) is 6.98. The summed E-state index contributed by atoms with van der Waals surface area (Å²) in [6, 6.07) is 16.7. The maximum atomic E-state index is 4.64. The number of aryl methyl sites for hydroxylation is 1. The molecule has 0 saturated carbocycles. The average molecular weight is 346 g/mol. The van der Waals surface area contributed by atoms with E-state index in [9.17, 15) is 0 Å². The van der Waals surface area contributed by atoms with E-state index < -0.39 is 0 Å². The molecule has 0 amide bonds. The number of hydrogen-bond donors (Lipinski definition) is 1. The zero-order valence-electron chi connectivity index (χ0n) is 13.9. The van der Waals surface area contributed by atoms with Crippen LogP contribution in [-0.2, 0) is 6.42 Å². The molecule has 25 heavy (non-hydrogen) atoms.